The van der Waals surface area contributed by atoms with E-state index in [0.29, 0.717) is 16.9 Å². The number of para-hydroxylation sites is 1. The van der Waals surface area contributed by atoms with Gasteiger partial charge in [0.1, 0.15) is 16.5 Å². The Morgan fingerprint density at radius 2 is 2.12 bits per heavy atom. The van der Waals surface area contributed by atoms with Crippen LogP contribution in [-0.2, 0) is 0 Å². The van der Waals surface area contributed by atoms with E-state index in [4.69, 9.17) is 0 Å². The van der Waals surface area contributed by atoms with E-state index in [1.54, 1.807) is 23.6 Å². The van der Waals surface area contributed by atoms with Gasteiger partial charge in [-0.3, -0.25) is 4.79 Å². The fraction of sp³-hybridized carbons (Fsp3) is 0.0909. The third-order valence-electron chi connectivity index (χ3n) is 1.98. The summed E-state index contributed by atoms with van der Waals surface area (Å²) >= 11 is 1.20. The molecule has 0 aliphatic heterocycles. The number of rotatable bonds is 4. The van der Waals surface area contributed by atoms with Crippen LogP contribution in [0.4, 0.5) is 8.78 Å². The highest BCUT2D eigenvalue weighted by atomic mass is 32.1. The van der Waals surface area contributed by atoms with Crippen molar-refractivity contribution in [2.45, 2.75) is 6.61 Å². The first-order valence-electron chi connectivity index (χ1n) is 4.65. The van der Waals surface area contributed by atoms with Gasteiger partial charge in [0, 0.05) is 5.38 Å². The summed E-state index contributed by atoms with van der Waals surface area (Å²) in [6.07, 6.45) is 0.608. The third kappa shape index (κ3) is 2.65. The number of halogens is 2. The molecule has 1 aromatic carbocycles. The van der Waals surface area contributed by atoms with Gasteiger partial charge < -0.3 is 4.74 Å². The fourth-order valence-corrected chi connectivity index (χ4v) is 2.10. The summed E-state index contributed by atoms with van der Waals surface area (Å²) in [6, 6.07) is 6.33. The normalized spacial score (nSPS) is 10.5. The first-order valence-corrected chi connectivity index (χ1v) is 5.53. The molecule has 0 saturated carbocycles. The number of hydrogen-bond acceptors (Lipinski definition) is 4. The summed E-state index contributed by atoms with van der Waals surface area (Å²) in [5.41, 5.74) is 0.725. The van der Waals surface area contributed by atoms with Gasteiger partial charge in [-0.05, 0) is 12.1 Å². The number of benzene rings is 1. The van der Waals surface area contributed by atoms with E-state index in [9.17, 15) is 13.6 Å². The Labute approximate surface area is 99.7 Å². The van der Waals surface area contributed by atoms with Crippen LogP contribution in [0.1, 0.15) is 10.5 Å². The molecule has 2 aromatic rings. The summed E-state index contributed by atoms with van der Waals surface area (Å²) in [7, 11) is 0. The molecular weight excluding hydrogens is 248 g/mol. The van der Waals surface area contributed by atoms with Crippen molar-refractivity contribution in [3.8, 4) is 16.3 Å². The highest BCUT2D eigenvalue weighted by Gasteiger charge is 2.13. The average Bonchev–Trinajstić information content (AvgIpc) is 2.77. The number of carbonyl (C=O) groups is 1. The van der Waals surface area contributed by atoms with Crippen LogP contribution in [0, 0.1) is 0 Å². The molecule has 0 bridgehead atoms. The standard InChI is InChI=1S/C11H7F2NO2S/c12-11(13)16-9-4-2-1-3-8(9)10-14-7(5-15)6-17-10/h1-6,11H. The summed E-state index contributed by atoms with van der Waals surface area (Å²) < 4.78 is 28.8. The highest BCUT2D eigenvalue weighted by Crippen LogP contribution is 2.32. The predicted molar refractivity (Wildman–Crippen MR) is 59.6 cm³/mol. The molecule has 6 heteroatoms. The summed E-state index contributed by atoms with van der Waals surface area (Å²) in [6.45, 7) is -2.89. The molecule has 0 radical (unpaired) electrons. The smallest absolute Gasteiger partial charge is 0.387 e. The molecule has 2 rings (SSSR count). The first kappa shape index (κ1) is 11.7. The van der Waals surface area contributed by atoms with E-state index in [2.05, 4.69) is 9.72 Å². The Balaban J connectivity index is 2.40. The quantitative estimate of drug-likeness (QED) is 0.787. The number of ether oxygens (including phenoxy) is 1. The summed E-state index contributed by atoms with van der Waals surface area (Å²) in [5, 5.41) is 2.03. The maximum atomic E-state index is 12.2. The van der Waals surface area contributed by atoms with Crippen LogP contribution < -0.4 is 4.74 Å². The molecule has 17 heavy (non-hydrogen) atoms. The molecule has 0 spiro atoms. The second-order valence-corrected chi connectivity index (χ2v) is 3.93. The molecule has 0 atom stereocenters. The van der Waals surface area contributed by atoms with Gasteiger partial charge in [-0.15, -0.1) is 11.3 Å². The van der Waals surface area contributed by atoms with Crippen molar-refractivity contribution in [1.82, 2.24) is 4.98 Å². The van der Waals surface area contributed by atoms with Gasteiger partial charge in [-0.25, -0.2) is 4.98 Å². The highest BCUT2D eigenvalue weighted by molar-refractivity contribution is 7.13. The van der Waals surface area contributed by atoms with E-state index >= 15 is 0 Å². The van der Waals surface area contributed by atoms with Crippen molar-refractivity contribution in [3.63, 3.8) is 0 Å². The number of carbonyl (C=O) groups excluding carboxylic acids is 1. The maximum Gasteiger partial charge on any atom is 0.387 e. The van der Waals surface area contributed by atoms with E-state index < -0.39 is 6.61 Å². The number of nitrogens with zero attached hydrogens (tertiary/aromatic N) is 1. The van der Waals surface area contributed by atoms with Crippen LogP contribution in [0.5, 0.6) is 5.75 Å². The van der Waals surface area contributed by atoms with Crippen molar-refractivity contribution in [3.05, 3.63) is 35.3 Å². The van der Waals surface area contributed by atoms with Crippen molar-refractivity contribution < 1.29 is 18.3 Å². The molecule has 1 aromatic heterocycles. The predicted octanol–water partition coefficient (Wildman–Crippen LogP) is 3.22. The Morgan fingerprint density at radius 1 is 1.35 bits per heavy atom. The van der Waals surface area contributed by atoms with Crippen molar-refractivity contribution in [2.75, 3.05) is 0 Å². The first-order chi connectivity index (χ1) is 8.20. The Hall–Kier alpha value is -1.82. The van der Waals surface area contributed by atoms with E-state index in [1.165, 1.54) is 17.4 Å². The number of aldehydes is 1. The average molecular weight is 255 g/mol. The Morgan fingerprint density at radius 3 is 2.76 bits per heavy atom. The molecule has 88 valence electrons. The third-order valence-corrected chi connectivity index (χ3v) is 2.87. The second-order valence-electron chi connectivity index (χ2n) is 3.07. The van der Waals surface area contributed by atoms with Gasteiger partial charge in [0.05, 0.1) is 5.56 Å². The topological polar surface area (TPSA) is 39.2 Å². The Bertz CT molecular complexity index is 528. The molecule has 0 fully saturated rings. The van der Waals surface area contributed by atoms with Gasteiger partial charge >= 0.3 is 6.61 Å². The van der Waals surface area contributed by atoms with Crippen LogP contribution >= 0.6 is 11.3 Å². The molecule has 0 aliphatic rings. The molecule has 0 aliphatic carbocycles. The lowest BCUT2D eigenvalue weighted by Gasteiger charge is -2.07. The molecule has 0 unspecified atom stereocenters. The van der Waals surface area contributed by atoms with Gasteiger partial charge in [-0.1, -0.05) is 12.1 Å². The molecule has 0 amide bonds. The summed E-state index contributed by atoms with van der Waals surface area (Å²) in [5.74, 6) is 0.0503. The number of alkyl halides is 2. The number of thiazole rings is 1. The molecular formula is C11H7F2NO2S. The number of hydrogen-bond donors (Lipinski definition) is 0. The fourth-order valence-electron chi connectivity index (χ4n) is 1.31. The lowest BCUT2D eigenvalue weighted by atomic mass is 10.2. The second kappa shape index (κ2) is 5.01. The van der Waals surface area contributed by atoms with Crippen LogP contribution in [-0.4, -0.2) is 17.9 Å². The zero-order valence-corrected chi connectivity index (χ0v) is 9.29. The van der Waals surface area contributed by atoms with E-state index in [1.807, 2.05) is 0 Å². The van der Waals surface area contributed by atoms with Crippen LogP contribution in [0.3, 0.4) is 0 Å². The Kier molecular flexibility index (Phi) is 3.43. The van der Waals surface area contributed by atoms with Crippen molar-refractivity contribution >= 4 is 17.6 Å². The lowest BCUT2D eigenvalue weighted by Crippen LogP contribution is -2.02. The number of aromatic nitrogens is 1. The SMILES string of the molecule is O=Cc1csc(-c2ccccc2OC(F)F)n1. The zero-order valence-electron chi connectivity index (χ0n) is 8.47. The lowest BCUT2D eigenvalue weighted by molar-refractivity contribution is -0.0494. The molecule has 0 saturated heterocycles. The van der Waals surface area contributed by atoms with Gasteiger partial charge in [0.15, 0.2) is 6.29 Å². The molecule has 1 heterocycles. The maximum absolute atomic E-state index is 12.2. The minimum atomic E-state index is -2.89. The summed E-state index contributed by atoms with van der Waals surface area (Å²) in [4.78, 5) is 14.5. The molecule has 3 nitrogen and oxygen atoms in total. The van der Waals surface area contributed by atoms with Gasteiger partial charge in [0.25, 0.3) is 0 Å². The van der Waals surface area contributed by atoms with Gasteiger partial charge in [0.2, 0.25) is 0 Å². The molecule has 0 N–H and O–H groups in total. The van der Waals surface area contributed by atoms with Crippen LogP contribution in [0.2, 0.25) is 0 Å². The van der Waals surface area contributed by atoms with Crippen LogP contribution in [0.15, 0.2) is 29.6 Å². The van der Waals surface area contributed by atoms with E-state index in [-0.39, 0.29) is 11.4 Å². The van der Waals surface area contributed by atoms with Crippen molar-refractivity contribution in [2.24, 2.45) is 0 Å². The minimum absolute atomic E-state index is 0.0503. The minimum Gasteiger partial charge on any atom is -0.434 e. The van der Waals surface area contributed by atoms with E-state index in [0.717, 1.165) is 0 Å². The zero-order chi connectivity index (χ0) is 12.3. The van der Waals surface area contributed by atoms with Crippen LogP contribution in [0.25, 0.3) is 10.6 Å². The van der Waals surface area contributed by atoms with Crippen molar-refractivity contribution in [1.29, 1.82) is 0 Å². The largest absolute Gasteiger partial charge is 0.434 e. The van der Waals surface area contributed by atoms with Gasteiger partial charge in [-0.2, -0.15) is 8.78 Å². The monoisotopic (exact) mass is 255 g/mol.